The minimum Gasteiger partial charge on any atom is -0.497 e. The molecule has 1 N–H and O–H groups in total. The number of ether oxygens (including phenoxy) is 1. The fraction of sp³-hybridized carbons (Fsp3) is 0.333. The molecule has 2 atom stereocenters. The first-order chi connectivity index (χ1) is 18.6. The van der Waals surface area contributed by atoms with Gasteiger partial charge in [0.2, 0.25) is 11.8 Å². The first-order valence-electron chi connectivity index (χ1n) is 12.9. The Labute approximate surface area is 231 Å². The van der Waals surface area contributed by atoms with Gasteiger partial charge in [-0.2, -0.15) is 0 Å². The molecule has 3 rings (SSSR count). The van der Waals surface area contributed by atoms with Gasteiger partial charge in [-0.25, -0.2) is 8.42 Å². The lowest BCUT2D eigenvalue weighted by molar-refractivity contribution is -0.139. The third-order valence-corrected chi connectivity index (χ3v) is 8.34. The summed E-state index contributed by atoms with van der Waals surface area (Å²) in [5, 5.41) is 2.94. The maximum absolute atomic E-state index is 14.0. The van der Waals surface area contributed by atoms with Gasteiger partial charge in [0.15, 0.2) is 0 Å². The van der Waals surface area contributed by atoms with Crippen LogP contribution in [-0.4, -0.2) is 50.9 Å². The van der Waals surface area contributed by atoms with E-state index in [2.05, 4.69) is 5.32 Å². The number of anilines is 1. The zero-order chi connectivity index (χ0) is 28.6. The van der Waals surface area contributed by atoms with Crippen LogP contribution in [0.2, 0.25) is 0 Å². The van der Waals surface area contributed by atoms with Gasteiger partial charge in [-0.15, -0.1) is 0 Å². The van der Waals surface area contributed by atoms with Gasteiger partial charge in [-0.3, -0.25) is 13.9 Å². The molecular weight excluding hydrogens is 514 g/mol. The Morgan fingerprint density at radius 3 is 2.28 bits per heavy atom. The van der Waals surface area contributed by atoms with Crippen LogP contribution < -0.4 is 14.4 Å². The number of benzene rings is 3. The Kier molecular flexibility index (Phi) is 10.1. The van der Waals surface area contributed by atoms with Crippen LogP contribution >= 0.6 is 0 Å². The number of hydrogen-bond donors (Lipinski definition) is 1. The smallest absolute Gasteiger partial charge is 0.264 e. The summed E-state index contributed by atoms with van der Waals surface area (Å²) in [6.07, 6.45) is 0.739. The molecule has 208 valence electrons. The Morgan fingerprint density at radius 1 is 0.949 bits per heavy atom. The topological polar surface area (TPSA) is 96.0 Å². The van der Waals surface area contributed by atoms with Crippen molar-refractivity contribution in [1.29, 1.82) is 0 Å². The minimum atomic E-state index is -4.13. The zero-order valence-electron chi connectivity index (χ0n) is 23.1. The number of sulfonamides is 1. The fourth-order valence-corrected chi connectivity index (χ4v) is 5.50. The molecule has 0 aromatic heterocycles. The van der Waals surface area contributed by atoms with Crippen LogP contribution in [0.4, 0.5) is 5.69 Å². The second-order valence-corrected chi connectivity index (χ2v) is 11.4. The molecule has 9 heteroatoms. The normalized spacial score (nSPS) is 12.7. The highest BCUT2D eigenvalue weighted by Gasteiger charge is 2.32. The van der Waals surface area contributed by atoms with Gasteiger partial charge in [0.1, 0.15) is 18.3 Å². The van der Waals surface area contributed by atoms with Crippen LogP contribution in [0.1, 0.15) is 38.3 Å². The molecule has 8 nitrogen and oxygen atoms in total. The summed E-state index contributed by atoms with van der Waals surface area (Å²) in [5.74, 6) is -0.360. The number of nitrogens with zero attached hydrogens (tertiary/aromatic N) is 2. The van der Waals surface area contributed by atoms with E-state index in [1.54, 1.807) is 49.4 Å². The second-order valence-electron chi connectivity index (χ2n) is 9.53. The number of methoxy groups -OCH3 is 1. The molecule has 0 heterocycles. The molecule has 0 spiro atoms. The van der Waals surface area contributed by atoms with Crippen molar-refractivity contribution in [2.45, 2.75) is 57.6 Å². The highest BCUT2D eigenvalue weighted by atomic mass is 32.2. The number of aryl methyl sites for hydroxylation is 1. The largest absolute Gasteiger partial charge is 0.497 e. The molecule has 0 saturated carbocycles. The highest BCUT2D eigenvalue weighted by molar-refractivity contribution is 7.92. The van der Waals surface area contributed by atoms with Crippen molar-refractivity contribution in [3.8, 4) is 5.75 Å². The van der Waals surface area contributed by atoms with E-state index >= 15 is 0 Å². The lowest BCUT2D eigenvalue weighted by Crippen LogP contribution is -2.52. The van der Waals surface area contributed by atoms with Gasteiger partial charge in [-0.1, -0.05) is 61.0 Å². The monoisotopic (exact) mass is 551 g/mol. The number of amides is 2. The van der Waals surface area contributed by atoms with Crippen molar-refractivity contribution in [1.82, 2.24) is 10.2 Å². The maximum atomic E-state index is 14.0. The Hall–Kier alpha value is -3.85. The zero-order valence-corrected chi connectivity index (χ0v) is 23.9. The summed E-state index contributed by atoms with van der Waals surface area (Å²) in [5.41, 5.74) is 2.13. The van der Waals surface area contributed by atoms with E-state index < -0.39 is 28.5 Å². The first-order valence-corrected chi connectivity index (χ1v) is 14.4. The predicted octanol–water partition coefficient (Wildman–Crippen LogP) is 4.53. The summed E-state index contributed by atoms with van der Waals surface area (Å²) < 4.78 is 34.0. The van der Waals surface area contributed by atoms with E-state index in [9.17, 15) is 18.0 Å². The minimum absolute atomic E-state index is 0.0495. The number of rotatable bonds is 12. The van der Waals surface area contributed by atoms with E-state index in [0.717, 1.165) is 21.9 Å². The predicted molar refractivity (Wildman–Crippen MR) is 153 cm³/mol. The second kappa shape index (κ2) is 13.3. The third-order valence-electron chi connectivity index (χ3n) is 6.56. The van der Waals surface area contributed by atoms with Crippen molar-refractivity contribution in [2.24, 2.45) is 0 Å². The number of carbonyl (C=O) groups excluding carboxylic acids is 2. The van der Waals surface area contributed by atoms with Crippen LogP contribution in [0, 0.1) is 6.92 Å². The molecular formula is C30H37N3O5S. The Balaban J connectivity index is 2.03. The van der Waals surface area contributed by atoms with Gasteiger partial charge in [0.05, 0.1) is 17.7 Å². The Bertz CT molecular complexity index is 1380. The van der Waals surface area contributed by atoms with Crippen LogP contribution in [-0.2, 0) is 26.2 Å². The molecule has 0 aliphatic rings. The van der Waals surface area contributed by atoms with Gasteiger partial charge in [0.25, 0.3) is 10.0 Å². The average Bonchev–Trinajstić information content (AvgIpc) is 2.94. The quantitative estimate of drug-likeness (QED) is 0.357. The lowest BCUT2D eigenvalue weighted by Gasteiger charge is -2.32. The van der Waals surface area contributed by atoms with Crippen LogP contribution in [0.25, 0.3) is 0 Å². The van der Waals surface area contributed by atoms with Crippen molar-refractivity contribution in [3.05, 3.63) is 90.0 Å². The van der Waals surface area contributed by atoms with E-state index in [-0.39, 0.29) is 29.1 Å². The summed E-state index contributed by atoms with van der Waals surface area (Å²) in [6.45, 7) is 7.11. The lowest BCUT2D eigenvalue weighted by atomic mass is 10.1. The molecule has 3 aromatic carbocycles. The van der Waals surface area contributed by atoms with Crippen molar-refractivity contribution >= 4 is 27.5 Å². The van der Waals surface area contributed by atoms with Gasteiger partial charge >= 0.3 is 0 Å². The summed E-state index contributed by atoms with van der Waals surface area (Å²) in [7, 11) is -2.64. The number of hydrogen-bond acceptors (Lipinski definition) is 5. The van der Waals surface area contributed by atoms with Gasteiger partial charge in [-0.05, 0) is 57.0 Å². The number of nitrogens with one attached hydrogen (secondary N) is 1. The van der Waals surface area contributed by atoms with E-state index in [4.69, 9.17) is 4.74 Å². The molecule has 0 aliphatic carbocycles. The van der Waals surface area contributed by atoms with Gasteiger partial charge in [0, 0.05) is 18.7 Å². The van der Waals surface area contributed by atoms with E-state index in [1.165, 1.54) is 24.1 Å². The molecule has 0 aliphatic heterocycles. The molecule has 2 amide bonds. The van der Waals surface area contributed by atoms with Gasteiger partial charge < -0.3 is 15.0 Å². The maximum Gasteiger partial charge on any atom is 0.264 e. The molecule has 0 bridgehead atoms. The third kappa shape index (κ3) is 7.60. The van der Waals surface area contributed by atoms with E-state index in [0.29, 0.717) is 5.75 Å². The van der Waals surface area contributed by atoms with Crippen LogP contribution in [0.15, 0.2) is 83.8 Å². The number of carbonyl (C=O) groups is 2. The molecule has 0 radical (unpaired) electrons. The van der Waals surface area contributed by atoms with Crippen molar-refractivity contribution < 1.29 is 22.7 Å². The summed E-state index contributed by atoms with van der Waals surface area (Å²) in [6, 6.07) is 21.3. The standard InChI is InChI=1S/C30H37N3O5S/c1-6-23(3)31-30(35)24(4)32(20-25-13-10-12-22(2)18-25)29(34)21-33(26-14-11-15-27(19-26)38-5)39(36,37)28-16-8-7-9-17-28/h7-19,23-24H,6,20-21H2,1-5H3,(H,31,35)/t23-,24-/m0/s1. The average molecular weight is 552 g/mol. The molecule has 0 unspecified atom stereocenters. The molecule has 39 heavy (non-hydrogen) atoms. The van der Waals surface area contributed by atoms with E-state index in [1.807, 2.05) is 45.0 Å². The first kappa shape index (κ1) is 29.7. The van der Waals surface area contributed by atoms with Crippen molar-refractivity contribution in [3.63, 3.8) is 0 Å². The summed E-state index contributed by atoms with van der Waals surface area (Å²) in [4.78, 5) is 28.6. The van der Waals surface area contributed by atoms with Crippen LogP contribution in [0.3, 0.4) is 0 Å². The fourth-order valence-electron chi connectivity index (χ4n) is 4.07. The van der Waals surface area contributed by atoms with Crippen molar-refractivity contribution in [2.75, 3.05) is 18.0 Å². The highest BCUT2D eigenvalue weighted by Crippen LogP contribution is 2.27. The molecule has 0 saturated heterocycles. The molecule has 3 aromatic rings. The van der Waals surface area contributed by atoms with Crippen LogP contribution in [0.5, 0.6) is 5.75 Å². The summed E-state index contributed by atoms with van der Waals surface area (Å²) >= 11 is 0. The Morgan fingerprint density at radius 2 is 1.64 bits per heavy atom. The SMILES string of the molecule is CC[C@H](C)NC(=O)[C@H](C)N(Cc1cccc(C)c1)C(=O)CN(c1cccc(OC)c1)S(=O)(=O)c1ccccc1. The molecule has 0 fully saturated rings.